The maximum Gasteiger partial charge on any atom is 0.407 e. The fraction of sp³-hybridized carbons (Fsp3) is 0.846. The quantitative estimate of drug-likeness (QED) is 0.781. The summed E-state index contributed by atoms with van der Waals surface area (Å²) in [4.78, 5) is 24.1. The minimum absolute atomic E-state index is 0.0613. The van der Waals surface area contributed by atoms with Gasteiger partial charge in [-0.15, -0.1) is 0 Å². The van der Waals surface area contributed by atoms with Crippen molar-refractivity contribution in [2.45, 2.75) is 26.7 Å². The second-order valence-corrected chi connectivity index (χ2v) is 5.48. The molecule has 0 aromatic heterocycles. The maximum absolute atomic E-state index is 11.7. The normalized spacial score (nSPS) is 32.1. The van der Waals surface area contributed by atoms with E-state index in [9.17, 15) is 9.59 Å². The van der Waals surface area contributed by atoms with Crippen LogP contribution in [0, 0.1) is 23.7 Å². The van der Waals surface area contributed by atoms with Crippen molar-refractivity contribution in [3.8, 4) is 0 Å². The zero-order valence-electron chi connectivity index (χ0n) is 11.0. The van der Waals surface area contributed by atoms with Gasteiger partial charge in [0.1, 0.15) is 0 Å². The van der Waals surface area contributed by atoms with Gasteiger partial charge >= 0.3 is 12.1 Å². The molecule has 5 heteroatoms. The molecule has 1 saturated carbocycles. The minimum Gasteiger partial charge on any atom is -0.466 e. The van der Waals surface area contributed by atoms with Gasteiger partial charge in [0.25, 0.3) is 0 Å². The number of carboxylic acid groups (broad SMARTS) is 1. The van der Waals surface area contributed by atoms with Crippen molar-refractivity contribution < 1.29 is 19.4 Å². The van der Waals surface area contributed by atoms with Crippen molar-refractivity contribution in [2.75, 3.05) is 19.7 Å². The molecule has 3 unspecified atom stereocenters. The monoisotopic (exact) mass is 255 g/mol. The molecular formula is C13H21NO4. The van der Waals surface area contributed by atoms with Gasteiger partial charge < -0.3 is 14.7 Å². The second kappa shape index (κ2) is 5.16. The highest BCUT2D eigenvalue weighted by Gasteiger charge is 2.45. The Hall–Kier alpha value is -1.26. The van der Waals surface area contributed by atoms with Gasteiger partial charge in [-0.05, 0) is 37.5 Å². The Kier molecular flexibility index (Phi) is 3.78. The summed E-state index contributed by atoms with van der Waals surface area (Å²) in [5.74, 6) is 1.05. The van der Waals surface area contributed by atoms with Crippen LogP contribution in [0.25, 0.3) is 0 Å². The molecule has 0 spiro atoms. The summed E-state index contributed by atoms with van der Waals surface area (Å²) in [7, 11) is 0. The van der Waals surface area contributed by atoms with Crippen molar-refractivity contribution >= 4 is 12.1 Å². The van der Waals surface area contributed by atoms with Crippen LogP contribution in [0.4, 0.5) is 4.79 Å². The molecule has 1 aliphatic heterocycles. The van der Waals surface area contributed by atoms with Crippen LogP contribution < -0.4 is 0 Å². The van der Waals surface area contributed by atoms with E-state index in [0.29, 0.717) is 37.5 Å². The number of carbonyl (C=O) groups is 2. The summed E-state index contributed by atoms with van der Waals surface area (Å²) in [5.41, 5.74) is 0. The number of carbonyl (C=O) groups excluding carboxylic acids is 1. The van der Waals surface area contributed by atoms with Gasteiger partial charge in [0.2, 0.25) is 0 Å². The zero-order chi connectivity index (χ0) is 13.3. The molecule has 1 heterocycles. The summed E-state index contributed by atoms with van der Waals surface area (Å²) in [5, 5.41) is 8.95. The van der Waals surface area contributed by atoms with Crippen LogP contribution in [-0.4, -0.2) is 41.8 Å². The number of hydrogen-bond acceptors (Lipinski definition) is 3. The minimum atomic E-state index is -0.820. The highest BCUT2D eigenvalue weighted by atomic mass is 16.5. The van der Waals surface area contributed by atoms with Crippen molar-refractivity contribution in [1.29, 1.82) is 0 Å². The first-order chi connectivity index (χ1) is 8.52. The average Bonchev–Trinajstić information content (AvgIpc) is 2.85. The first-order valence-corrected chi connectivity index (χ1v) is 6.67. The highest BCUT2D eigenvalue weighted by Crippen LogP contribution is 2.44. The molecule has 2 rings (SSSR count). The van der Waals surface area contributed by atoms with Crippen LogP contribution in [0.2, 0.25) is 0 Å². The van der Waals surface area contributed by atoms with Crippen LogP contribution >= 0.6 is 0 Å². The Labute approximate surface area is 107 Å². The van der Waals surface area contributed by atoms with E-state index in [4.69, 9.17) is 9.84 Å². The van der Waals surface area contributed by atoms with Gasteiger partial charge in [0.15, 0.2) is 0 Å². The Morgan fingerprint density at radius 2 is 1.89 bits per heavy atom. The number of rotatable bonds is 3. The number of amides is 1. The van der Waals surface area contributed by atoms with E-state index in [1.807, 2.05) is 13.8 Å². The van der Waals surface area contributed by atoms with Gasteiger partial charge in [-0.2, -0.15) is 0 Å². The summed E-state index contributed by atoms with van der Waals surface area (Å²) >= 11 is 0. The number of fused-ring (bicyclic) bond motifs is 1. The van der Waals surface area contributed by atoms with Gasteiger partial charge in [0.05, 0.1) is 12.5 Å². The van der Waals surface area contributed by atoms with Crippen molar-refractivity contribution in [1.82, 2.24) is 4.90 Å². The topological polar surface area (TPSA) is 66.8 Å². The Balaban J connectivity index is 1.88. The predicted octanol–water partition coefficient (Wildman–Crippen LogP) is 1.82. The van der Waals surface area contributed by atoms with Crippen LogP contribution in [0.15, 0.2) is 0 Å². The molecule has 2 fully saturated rings. The third kappa shape index (κ3) is 2.44. The van der Waals surface area contributed by atoms with E-state index >= 15 is 0 Å². The Morgan fingerprint density at radius 3 is 2.33 bits per heavy atom. The molecule has 18 heavy (non-hydrogen) atoms. The van der Waals surface area contributed by atoms with E-state index in [1.165, 1.54) is 4.90 Å². The smallest absolute Gasteiger partial charge is 0.407 e. The third-order valence-corrected chi connectivity index (χ3v) is 4.42. The molecule has 1 saturated heterocycles. The first-order valence-electron chi connectivity index (χ1n) is 6.67. The number of esters is 1. The van der Waals surface area contributed by atoms with Gasteiger partial charge in [-0.3, -0.25) is 4.79 Å². The number of likely N-dealkylation sites (tertiary alicyclic amines) is 1. The number of hydrogen-bond donors (Lipinski definition) is 1. The van der Waals surface area contributed by atoms with Gasteiger partial charge in [0, 0.05) is 13.1 Å². The molecule has 2 aliphatic rings. The SMILES string of the molecule is CCOC(=O)C(C)C1CC2CN(C(=O)O)CC2C1. The van der Waals surface area contributed by atoms with Crippen molar-refractivity contribution in [3.05, 3.63) is 0 Å². The average molecular weight is 255 g/mol. The zero-order valence-corrected chi connectivity index (χ0v) is 11.0. The summed E-state index contributed by atoms with van der Waals surface area (Å²) in [6.07, 6.45) is 1.09. The van der Waals surface area contributed by atoms with Crippen LogP contribution in [0.1, 0.15) is 26.7 Å². The predicted molar refractivity (Wildman–Crippen MR) is 65.1 cm³/mol. The van der Waals surface area contributed by atoms with Crippen molar-refractivity contribution in [2.24, 2.45) is 23.7 Å². The summed E-state index contributed by atoms with van der Waals surface area (Å²) < 4.78 is 5.05. The Morgan fingerprint density at radius 1 is 1.33 bits per heavy atom. The lowest BCUT2D eigenvalue weighted by Crippen LogP contribution is -2.29. The fourth-order valence-corrected chi connectivity index (χ4v) is 3.38. The van der Waals surface area contributed by atoms with Crippen LogP contribution in [-0.2, 0) is 9.53 Å². The van der Waals surface area contributed by atoms with E-state index in [-0.39, 0.29) is 11.9 Å². The maximum atomic E-state index is 11.7. The molecule has 102 valence electrons. The molecule has 3 atom stereocenters. The molecule has 0 aromatic rings. The standard InChI is InChI=1S/C13H21NO4/c1-3-18-12(15)8(2)9-4-10-6-14(13(16)17)7-11(10)5-9/h8-11H,3-7H2,1-2H3,(H,16,17). The largest absolute Gasteiger partial charge is 0.466 e. The molecule has 0 bridgehead atoms. The lowest BCUT2D eigenvalue weighted by molar-refractivity contribution is -0.149. The van der Waals surface area contributed by atoms with E-state index in [0.717, 1.165) is 12.8 Å². The fourth-order valence-electron chi connectivity index (χ4n) is 3.38. The summed E-state index contributed by atoms with van der Waals surface area (Å²) in [6, 6.07) is 0. The highest BCUT2D eigenvalue weighted by molar-refractivity contribution is 5.72. The lowest BCUT2D eigenvalue weighted by Gasteiger charge is -2.20. The molecule has 5 nitrogen and oxygen atoms in total. The molecule has 0 aromatic carbocycles. The third-order valence-electron chi connectivity index (χ3n) is 4.42. The molecule has 1 amide bonds. The van der Waals surface area contributed by atoms with Gasteiger partial charge in [-0.25, -0.2) is 4.79 Å². The second-order valence-electron chi connectivity index (χ2n) is 5.48. The Bertz CT molecular complexity index is 330. The molecule has 0 radical (unpaired) electrons. The van der Waals surface area contributed by atoms with E-state index in [2.05, 4.69) is 0 Å². The number of ether oxygens (including phenoxy) is 1. The molecule has 1 aliphatic carbocycles. The van der Waals surface area contributed by atoms with Crippen LogP contribution in [0.5, 0.6) is 0 Å². The summed E-state index contributed by atoms with van der Waals surface area (Å²) in [6.45, 7) is 5.44. The number of nitrogens with zero attached hydrogens (tertiary/aromatic N) is 1. The van der Waals surface area contributed by atoms with Crippen molar-refractivity contribution in [3.63, 3.8) is 0 Å². The van der Waals surface area contributed by atoms with E-state index < -0.39 is 6.09 Å². The molecule has 1 N–H and O–H groups in total. The van der Waals surface area contributed by atoms with Gasteiger partial charge in [-0.1, -0.05) is 6.92 Å². The van der Waals surface area contributed by atoms with Crippen LogP contribution in [0.3, 0.4) is 0 Å². The molecular weight excluding hydrogens is 234 g/mol. The van der Waals surface area contributed by atoms with E-state index in [1.54, 1.807) is 0 Å². The first kappa shape index (κ1) is 13.2. The lowest BCUT2D eigenvalue weighted by atomic mass is 9.91.